The Bertz CT molecular complexity index is 740. The van der Waals surface area contributed by atoms with E-state index < -0.39 is 11.7 Å². The van der Waals surface area contributed by atoms with E-state index in [1.807, 2.05) is 12.1 Å². The van der Waals surface area contributed by atoms with E-state index in [1.165, 1.54) is 30.4 Å². The van der Waals surface area contributed by atoms with Gasteiger partial charge in [0.05, 0.1) is 12.7 Å². The van der Waals surface area contributed by atoms with Crippen molar-refractivity contribution in [3.63, 3.8) is 0 Å². The molecule has 0 unspecified atom stereocenters. The van der Waals surface area contributed by atoms with Crippen molar-refractivity contribution in [2.75, 3.05) is 7.11 Å². The van der Waals surface area contributed by atoms with Crippen LogP contribution in [-0.4, -0.2) is 12.9 Å². The minimum Gasteiger partial charge on any atom is -0.497 e. The molecule has 0 aromatic heterocycles. The lowest BCUT2D eigenvalue weighted by molar-refractivity contribution is -0.137. The summed E-state index contributed by atoms with van der Waals surface area (Å²) in [5.41, 5.74) is 0.645. The molecule has 0 amide bonds. The van der Waals surface area contributed by atoms with E-state index in [-0.39, 0.29) is 5.78 Å². The summed E-state index contributed by atoms with van der Waals surface area (Å²) >= 11 is 0. The van der Waals surface area contributed by atoms with Gasteiger partial charge in [-0.3, -0.25) is 4.79 Å². The fourth-order valence-electron chi connectivity index (χ4n) is 1.91. The Morgan fingerprint density at radius 2 is 1.33 bits per heavy atom. The molecule has 0 heterocycles. The molecule has 0 N–H and O–H groups in total. The molecule has 5 heteroatoms. The highest BCUT2D eigenvalue weighted by Crippen LogP contribution is 2.29. The summed E-state index contributed by atoms with van der Waals surface area (Å²) in [6.45, 7) is 0. The number of ketones is 1. The molecule has 0 atom stereocenters. The highest BCUT2D eigenvalue weighted by Gasteiger charge is 2.29. The third-order valence-electron chi connectivity index (χ3n) is 3.23. The van der Waals surface area contributed by atoms with Crippen molar-refractivity contribution >= 4 is 17.9 Å². The van der Waals surface area contributed by atoms with Crippen LogP contribution in [0.2, 0.25) is 0 Å². The number of allylic oxidation sites excluding steroid dienone is 2. The number of carbonyl (C=O) groups is 1. The van der Waals surface area contributed by atoms with Crippen LogP contribution in [0.1, 0.15) is 16.7 Å². The summed E-state index contributed by atoms with van der Waals surface area (Å²) in [6.07, 6.45) is 1.46. The van der Waals surface area contributed by atoms with Crippen molar-refractivity contribution in [1.29, 1.82) is 0 Å². The third kappa shape index (κ3) is 5.12. The van der Waals surface area contributed by atoms with Crippen molar-refractivity contribution in [3.8, 4) is 5.75 Å². The number of carbonyl (C=O) groups excluding carboxylic acids is 1. The maximum atomic E-state index is 12.5. The second-order valence-electron chi connectivity index (χ2n) is 4.96. The standard InChI is InChI=1S/C19H15F3O2/c1-24-18-12-6-15(7-13-18)5-11-17(23)10-4-14-2-8-16(9-3-14)19(20,21)22/h2-13H,1H3. The highest BCUT2D eigenvalue weighted by molar-refractivity contribution is 6.04. The van der Waals surface area contributed by atoms with Crippen molar-refractivity contribution in [2.45, 2.75) is 6.18 Å². The molecule has 0 aliphatic carbocycles. The molecule has 0 radical (unpaired) electrons. The van der Waals surface area contributed by atoms with E-state index in [2.05, 4.69) is 0 Å². The lowest BCUT2D eigenvalue weighted by atomic mass is 10.1. The van der Waals surface area contributed by atoms with Gasteiger partial charge >= 0.3 is 6.18 Å². The van der Waals surface area contributed by atoms with Crippen molar-refractivity contribution < 1.29 is 22.7 Å². The lowest BCUT2D eigenvalue weighted by Gasteiger charge is -2.05. The first kappa shape index (κ1) is 17.5. The number of benzene rings is 2. The van der Waals surface area contributed by atoms with Gasteiger partial charge in [-0.25, -0.2) is 0 Å². The van der Waals surface area contributed by atoms with Crippen LogP contribution in [-0.2, 0) is 11.0 Å². The number of methoxy groups -OCH3 is 1. The van der Waals surface area contributed by atoms with Gasteiger partial charge in [-0.15, -0.1) is 0 Å². The van der Waals surface area contributed by atoms with Gasteiger partial charge in [-0.05, 0) is 47.5 Å². The number of alkyl halides is 3. The van der Waals surface area contributed by atoms with Gasteiger partial charge in [-0.2, -0.15) is 13.2 Å². The second kappa shape index (κ2) is 7.64. The van der Waals surface area contributed by atoms with Crippen LogP contribution in [0.5, 0.6) is 5.75 Å². The highest BCUT2D eigenvalue weighted by atomic mass is 19.4. The Labute approximate surface area is 137 Å². The molecular formula is C19H15F3O2. The molecule has 0 spiro atoms. The summed E-state index contributed by atoms with van der Waals surface area (Å²) in [6, 6.07) is 11.8. The van der Waals surface area contributed by atoms with E-state index in [4.69, 9.17) is 4.74 Å². The zero-order valence-electron chi connectivity index (χ0n) is 12.9. The molecule has 2 nitrogen and oxygen atoms in total. The predicted octanol–water partition coefficient (Wildman–Crippen LogP) is 5.01. The van der Waals surface area contributed by atoms with Crippen LogP contribution < -0.4 is 4.74 Å². The normalized spacial score (nSPS) is 12.0. The molecule has 0 fully saturated rings. The molecule has 0 saturated carbocycles. The molecule has 2 rings (SSSR count). The van der Waals surface area contributed by atoms with Gasteiger partial charge in [0.1, 0.15) is 5.75 Å². The van der Waals surface area contributed by atoms with Gasteiger partial charge in [-0.1, -0.05) is 36.4 Å². The molecular weight excluding hydrogens is 317 g/mol. The van der Waals surface area contributed by atoms with E-state index in [0.717, 1.165) is 23.4 Å². The first-order valence-corrected chi connectivity index (χ1v) is 7.10. The number of hydrogen-bond acceptors (Lipinski definition) is 2. The van der Waals surface area contributed by atoms with Crippen molar-refractivity contribution in [2.24, 2.45) is 0 Å². The summed E-state index contributed by atoms with van der Waals surface area (Å²) in [4.78, 5) is 11.8. The van der Waals surface area contributed by atoms with Crippen LogP contribution >= 0.6 is 0 Å². The monoisotopic (exact) mass is 332 g/mol. The van der Waals surface area contributed by atoms with Gasteiger partial charge in [0.2, 0.25) is 0 Å². The lowest BCUT2D eigenvalue weighted by Crippen LogP contribution is -2.03. The van der Waals surface area contributed by atoms with Crippen LogP contribution in [0.3, 0.4) is 0 Å². The Balaban J connectivity index is 1.98. The van der Waals surface area contributed by atoms with E-state index in [0.29, 0.717) is 5.56 Å². The third-order valence-corrected chi connectivity index (χ3v) is 3.23. The average molecular weight is 332 g/mol. The Morgan fingerprint density at radius 3 is 1.75 bits per heavy atom. The summed E-state index contributed by atoms with van der Waals surface area (Å²) in [5.74, 6) is 0.464. The van der Waals surface area contributed by atoms with Gasteiger partial charge in [0.15, 0.2) is 5.78 Å². The molecule has 0 bridgehead atoms. The molecule has 0 aliphatic rings. The average Bonchev–Trinajstić information content (AvgIpc) is 2.58. The van der Waals surface area contributed by atoms with Crippen molar-refractivity contribution in [1.82, 2.24) is 0 Å². The fourth-order valence-corrected chi connectivity index (χ4v) is 1.91. The molecule has 0 saturated heterocycles. The summed E-state index contributed by atoms with van der Waals surface area (Å²) in [7, 11) is 1.57. The number of ether oxygens (including phenoxy) is 1. The number of hydrogen-bond donors (Lipinski definition) is 0. The SMILES string of the molecule is COc1ccc(C=CC(=O)C=Cc2ccc(C(F)(F)F)cc2)cc1. The maximum Gasteiger partial charge on any atom is 0.416 e. The molecule has 2 aromatic carbocycles. The first-order valence-electron chi connectivity index (χ1n) is 7.10. The number of rotatable bonds is 5. The Hall–Kier alpha value is -2.82. The quantitative estimate of drug-likeness (QED) is 0.720. The minimum atomic E-state index is -4.36. The predicted molar refractivity (Wildman–Crippen MR) is 87.5 cm³/mol. The second-order valence-corrected chi connectivity index (χ2v) is 4.96. The van der Waals surface area contributed by atoms with Crippen LogP contribution in [0.4, 0.5) is 13.2 Å². The van der Waals surface area contributed by atoms with Crippen LogP contribution in [0, 0.1) is 0 Å². The van der Waals surface area contributed by atoms with E-state index >= 15 is 0 Å². The largest absolute Gasteiger partial charge is 0.497 e. The topological polar surface area (TPSA) is 26.3 Å². The van der Waals surface area contributed by atoms with E-state index in [1.54, 1.807) is 25.3 Å². The number of halogens is 3. The Morgan fingerprint density at radius 1 is 0.875 bits per heavy atom. The van der Waals surface area contributed by atoms with Gasteiger partial charge in [0, 0.05) is 0 Å². The first-order chi connectivity index (χ1) is 11.4. The zero-order chi connectivity index (χ0) is 17.6. The molecule has 24 heavy (non-hydrogen) atoms. The van der Waals surface area contributed by atoms with Crippen molar-refractivity contribution in [3.05, 3.63) is 77.4 Å². The summed E-state index contributed by atoms with van der Waals surface area (Å²) < 4.78 is 42.4. The zero-order valence-corrected chi connectivity index (χ0v) is 12.9. The van der Waals surface area contributed by atoms with Gasteiger partial charge < -0.3 is 4.74 Å². The smallest absolute Gasteiger partial charge is 0.416 e. The van der Waals surface area contributed by atoms with E-state index in [9.17, 15) is 18.0 Å². The molecule has 2 aromatic rings. The molecule has 124 valence electrons. The Kier molecular flexibility index (Phi) is 5.58. The van der Waals surface area contributed by atoms with Gasteiger partial charge in [0.25, 0.3) is 0 Å². The van der Waals surface area contributed by atoms with Crippen LogP contribution in [0.25, 0.3) is 12.2 Å². The van der Waals surface area contributed by atoms with Crippen LogP contribution in [0.15, 0.2) is 60.7 Å². The fraction of sp³-hybridized carbons (Fsp3) is 0.105. The maximum absolute atomic E-state index is 12.5. The molecule has 0 aliphatic heterocycles. The minimum absolute atomic E-state index is 0.259. The summed E-state index contributed by atoms with van der Waals surface area (Å²) in [5, 5.41) is 0.